The maximum Gasteiger partial charge on any atom is 0.267 e. The summed E-state index contributed by atoms with van der Waals surface area (Å²) in [5.74, 6) is 0.456. The zero-order chi connectivity index (χ0) is 14.8. The summed E-state index contributed by atoms with van der Waals surface area (Å²) in [7, 11) is 0. The van der Waals surface area contributed by atoms with E-state index in [9.17, 15) is 4.79 Å². The quantitative estimate of drug-likeness (QED) is 0.736. The van der Waals surface area contributed by atoms with Crippen molar-refractivity contribution in [1.29, 1.82) is 0 Å². The van der Waals surface area contributed by atoms with Gasteiger partial charge in [-0.3, -0.25) is 4.79 Å². The Balaban J connectivity index is 1.72. The first kappa shape index (κ1) is 14.5. The Kier molecular flexibility index (Phi) is 4.21. The first-order chi connectivity index (χ1) is 10.1. The van der Waals surface area contributed by atoms with Gasteiger partial charge in [-0.15, -0.1) is 0 Å². The number of rotatable bonds is 2. The van der Waals surface area contributed by atoms with Crippen molar-refractivity contribution in [3.05, 3.63) is 51.1 Å². The van der Waals surface area contributed by atoms with E-state index in [1.54, 1.807) is 12.1 Å². The summed E-state index contributed by atoms with van der Waals surface area (Å²) in [6, 6.07) is 13.0. The number of nitrogens with one attached hydrogen (secondary N) is 2. The molecule has 1 amide bonds. The summed E-state index contributed by atoms with van der Waals surface area (Å²) in [6.45, 7) is 0.421. The molecule has 0 saturated heterocycles. The number of anilines is 2. The number of carbonyl (C=O) groups excluding carboxylic acids is 1. The molecule has 0 radical (unpaired) electrons. The van der Waals surface area contributed by atoms with Crippen LogP contribution in [0.4, 0.5) is 11.4 Å². The number of hydrogen-bond acceptors (Lipinski definition) is 3. The molecule has 1 aliphatic heterocycles. The molecule has 4 nitrogen and oxygen atoms in total. The van der Waals surface area contributed by atoms with E-state index < -0.39 is 6.10 Å². The van der Waals surface area contributed by atoms with Crippen molar-refractivity contribution in [1.82, 2.24) is 0 Å². The predicted molar refractivity (Wildman–Crippen MR) is 92.1 cm³/mol. The molecule has 2 aromatic rings. The first-order valence-electron chi connectivity index (χ1n) is 6.39. The summed E-state index contributed by atoms with van der Waals surface area (Å²) >= 11 is 8.29. The van der Waals surface area contributed by atoms with Crippen LogP contribution >= 0.6 is 34.2 Å². The maximum absolute atomic E-state index is 12.3. The fourth-order valence-corrected chi connectivity index (χ4v) is 2.97. The van der Waals surface area contributed by atoms with E-state index in [-0.39, 0.29) is 5.91 Å². The van der Waals surface area contributed by atoms with Gasteiger partial charge in [0.15, 0.2) is 6.10 Å². The molecule has 2 N–H and O–H groups in total. The summed E-state index contributed by atoms with van der Waals surface area (Å²) in [6.07, 6.45) is -0.588. The Morgan fingerprint density at radius 1 is 1.33 bits per heavy atom. The molecule has 6 heteroatoms. The van der Waals surface area contributed by atoms with Crippen molar-refractivity contribution in [3.63, 3.8) is 0 Å². The lowest BCUT2D eigenvalue weighted by Crippen LogP contribution is -2.41. The molecule has 21 heavy (non-hydrogen) atoms. The molecule has 2 aromatic carbocycles. The number of ether oxygens (including phenoxy) is 1. The number of carbonyl (C=O) groups is 1. The van der Waals surface area contributed by atoms with E-state index in [2.05, 4.69) is 33.2 Å². The van der Waals surface area contributed by atoms with Crippen molar-refractivity contribution < 1.29 is 9.53 Å². The van der Waals surface area contributed by atoms with E-state index >= 15 is 0 Å². The molecule has 1 aliphatic rings. The predicted octanol–water partition coefficient (Wildman–Crippen LogP) is 3.76. The molecule has 0 bridgehead atoms. The number of hydrogen-bond donors (Lipinski definition) is 2. The van der Waals surface area contributed by atoms with Gasteiger partial charge in [0.1, 0.15) is 5.75 Å². The Bertz CT molecular complexity index is 693. The van der Waals surface area contributed by atoms with Crippen molar-refractivity contribution in [2.24, 2.45) is 0 Å². The van der Waals surface area contributed by atoms with Gasteiger partial charge in [-0.1, -0.05) is 23.7 Å². The van der Waals surface area contributed by atoms with E-state index in [0.29, 0.717) is 23.0 Å². The highest BCUT2D eigenvalue weighted by molar-refractivity contribution is 14.1. The topological polar surface area (TPSA) is 50.4 Å². The number of benzene rings is 2. The number of halogens is 2. The first-order valence-corrected chi connectivity index (χ1v) is 7.84. The molecule has 1 unspecified atom stereocenters. The smallest absolute Gasteiger partial charge is 0.267 e. The average molecular weight is 415 g/mol. The minimum absolute atomic E-state index is 0.222. The molecule has 0 saturated carbocycles. The second-order valence-electron chi connectivity index (χ2n) is 4.60. The van der Waals surface area contributed by atoms with Crippen LogP contribution in [0.25, 0.3) is 0 Å². The third kappa shape index (κ3) is 3.24. The average Bonchev–Trinajstić information content (AvgIpc) is 2.49. The van der Waals surface area contributed by atoms with Crippen molar-refractivity contribution >= 4 is 51.5 Å². The lowest BCUT2D eigenvalue weighted by molar-refractivity contribution is -0.122. The molecule has 0 aromatic heterocycles. The van der Waals surface area contributed by atoms with Crippen molar-refractivity contribution in [3.8, 4) is 5.75 Å². The molecule has 1 atom stereocenters. The summed E-state index contributed by atoms with van der Waals surface area (Å²) in [5.41, 5.74) is 1.48. The van der Waals surface area contributed by atoms with Crippen LogP contribution in [0.15, 0.2) is 42.5 Å². The van der Waals surface area contributed by atoms with Crippen molar-refractivity contribution in [2.75, 3.05) is 17.2 Å². The molecule has 108 valence electrons. The van der Waals surface area contributed by atoms with Gasteiger partial charge in [0.2, 0.25) is 0 Å². The van der Waals surface area contributed by atoms with Crippen LogP contribution < -0.4 is 15.4 Å². The van der Waals surface area contributed by atoms with Gasteiger partial charge >= 0.3 is 0 Å². The zero-order valence-corrected chi connectivity index (χ0v) is 13.8. The SMILES string of the molecule is O=C(Nc1ccc(I)cc1Cl)C1CNc2ccccc2O1. The van der Waals surface area contributed by atoms with Crippen LogP contribution in [0.2, 0.25) is 5.02 Å². The van der Waals surface area contributed by atoms with Crippen LogP contribution in [0.1, 0.15) is 0 Å². The highest BCUT2D eigenvalue weighted by Crippen LogP contribution is 2.29. The molecule has 0 spiro atoms. The van der Waals surface area contributed by atoms with Crippen LogP contribution in [0, 0.1) is 3.57 Å². The van der Waals surface area contributed by atoms with E-state index in [0.717, 1.165) is 9.26 Å². The molecule has 0 fully saturated rings. The minimum Gasteiger partial charge on any atom is -0.477 e. The van der Waals surface area contributed by atoms with E-state index in [1.165, 1.54) is 0 Å². The zero-order valence-electron chi connectivity index (χ0n) is 10.9. The standard InChI is InChI=1S/C15H12ClIN2O2/c16-10-7-9(17)5-6-11(10)19-15(20)14-8-18-12-3-1-2-4-13(12)21-14/h1-7,14,18H,8H2,(H,19,20). The third-order valence-corrected chi connectivity index (χ3v) is 4.10. The van der Waals surface area contributed by atoms with Crippen molar-refractivity contribution in [2.45, 2.75) is 6.10 Å². The van der Waals surface area contributed by atoms with Gasteiger partial charge in [0.25, 0.3) is 5.91 Å². The fraction of sp³-hybridized carbons (Fsp3) is 0.133. The van der Waals surface area contributed by atoms with Gasteiger partial charge in [0, 0.05) is 3.57 Å². The molecular formula is C15H12ClIN2O2. The molecule has 1 heterocycles. The highest BCUT2D eigenvalue weighted by atomic mass is 127. The van der Waals surface area contributed by atoms with Crippen LogP contribution in [-0.4, -0.2) is 18.6 Å². The fourth-order valence-electron chi connectivity index (χ4n) is 2.06. The lowest BCUT2D eigenvalue weighted by atomic mass is 10.2. The molecule has 0 aliphatic carbocycles. The monoisotopic (exact) mass is 414 g/mol. The number of fused-ring (bicyclic) bond motifs is 1. The summed E-state index contributed by atoms with van der Waals surface area (Å²) in [5, 5.41) is 6.50. The Morgan fingerprint density at radius 3 is 2.95 bits per heavy atom. The van der Waals surface area contributed by atoms with Gasteiger partial charge in [-0.25, -0.2) is 0 Å². The Labute approximate surface area is 141 Å². The van der Waals surface area contributed by atoms with Gasteiger partial charge in [-0.2, -0.15) is 0 Å². The molecular weight excluding hydrogens is 403 g/mol. The maximum atomic E-state index is 12.3. The minimum atomic E-state index is -0.588. The normalized spacial score (nSPS) is 16.4. The second-order valence-corrected chi connectivity index (χ2v) is 6.25. The Morgan fingerprint density at radius 2 is 2.14 bits per heavy atom. The van der Waals surface area contributed by atoms with E-state index in [1.807, 2.05) is 30.3 Å². The largest absolute Gasteiger partial charge is 0.477 e. The van der Waals surface area contributed by atoms with Crippen LogP contribution in [0.3, 0.4) is 0 Å². The summed E-state index contributed by atoms with van der Waals surface area (Å²) in [4.78, 5) is 12.3. The van der Waals surface area contributed by atoms with Crippen LogP contribution in [-0.2, 0) is 4.79 Å². The highest BCUT2D eigenvalue weighted by Gasteiger charge is 2.26. The summed E-state index contributed by atoms with van der Waals surface area (Å²) < 4.78 is 6.72. The lowest BCUT2D eigenvalue weighted by Gasteiger charge is -2.26. The Hall–Kier alpha value is -1.47. The number of para-hydroxylation sites is 2. The van der Waals surface area contributed by atoms with Gasteiger partial charge < -0.3 is 15.4 Å². The molecule has 3 rings (SSSR count). The van der Waals surface area contributed by atoms with Gasteiger partial charge in [0.05, 0.1) is 22.9 Å². The van der Waals surface area contributed by atoms with Crippen LogP contribution in [0.5, 0.6) is 5.75 Å². The third-order valence-electron chi connectivity index (χ3n) is 3.12. The van der Waals surface area contributed by atoms with E-state index in [4.69, 9.17) is 16.3 Å². The second kappa shape index (κ2) is 6.11. The number of amides is 1. The van der Waals surface area contributed by atoms with Gasteiger partial charge in [-0.05, 0) is 52.9 Å².